The SMILES string of the molecule is CCCNC1CCCCC1SCCC. The Labute approximate surface area is 93.4 Å². The summed E-state index contributed by atoms with van der Waals surface area (Å²) < 4.78 is 0. The van der Waals surface area contributed by atoms with Gasteiger partial charge in [0.1, 0.15) is 0 Å². The van der Waals surface area contributed by atoms with E-state index in [2.05, 4.69) is 30.9 Å². The van der Waals surface area contributed by atoms with Gasteiger partial charge in [-0.2, -0.15) is 11.8 Å². The molecule has 0 aliphatic heterocycles. The number of thioether (sulfide) groups is 1. The largest absolute Gasteiger partial charge is 0.313 e. The third-order valence-corrected chi connectivity index (χ3v) is 4.53. The molecule has 2 heteroatoms. The highest BCUT2D eigenvalue weighted by Crippen LogP contribution is 2.29. The molecule has 0 spiro atoms. The van der Waals surface area contributed by atoms with Gasteiger partial charge in [-0.05, 0) is 38.0 Å². The van der Waals surface area contributed by atoms with Crippen LogP contribution in [0.15, 0.2) is 0 Å². The van der Waals surface area contributed by atoms with Crippen LogP contribution in [0.3, 0.4) is 0 Å². The summed E-state index contributed by atoms with van der Waals surface area (Å²) in [5, 5.41) is 4.61. The first-order valence-electron chi connectivity index (χ1n) is 6.23. The normalized spacial score (nSPS) is 27.9. The lowest BCUT2D eigenvalue weighted by Gasteiger charge is -2.31. The fraction of sp³-hybridized carbons (Fsp3) is 1.00. The standard InChI is InChI=1S/C12H25NS/c1-3-9-13-11-7-5-6-8-12(11)14-10-4-2/h11-13H,3-10H2,1-2H3. The van der Waals surface area contributed by atoms with Gasteiger partial charge in [-0.1, -0.05) is 26.7 Å². The van der Waals surface area contributed by atoms with Crippen molar-refractivity contribution in [1.82, 2.24) is 5.32 Å². The van der Waals surface area contributed by atoms with E-state index in [0.717, 1.165) is 11.3 Å². The number of hydrogen-bond acceptors (Lipinski definition) is 2. The van der Waals surface area contributed by atoms with Crippen molar-refractivity contribution in [2.45, 2.75) is 63.7 Å². The zero-order chi connectivity index (χ0) is 10.2. The highest BCUT2D eigenvalue weighted by atomic mass is 32.2. The van der Waals surface area contributed by atoms with Crippen molar-refractivity contribution < 1.29 is 0 Å². The molecule has 1 N–H and O–H groups in total. The van der Waals surface area contributed by atoms with Gasteiger partial charge in [0.05, 0.1) is 0 Å². The summed E-state index contributed by atoms with van der Waals surface area (Å²) in [5.74, 6) is 1.34. The van der Waals surface area contributed by atoms with Crippen LogP contribution in [0.2, 0.25) is 0 Å². The molecular formula is C12H25NS. The first-order valence-corrected chi connectivity index (χ1v) is 7.28. The molecule has 0 aromatic rings. The zero-order valence-electron chi connectivity index (χ0n) is 9.72. The Kier molecular flexibility index (Phi) is 6.70. The monoisotopic (exact) mass is 215 g/mol. The molecule has 0 saturated heterocycles. The minimum absolute atomic E-state index is 0.806. The van der Waals surface area contributed by atoms with Crippen LogP contribution in [0.1, 0.15) is 52.4 Å². The summed E-state index contributed by atoms with van der Waals surface area (Å²) in [6.07, 6.45) is 8.31. The second-order valence-electron chi connectivity index (χ2n) is 4.25. The summed E-state index contributed by atoms with van der Waals surface area (Å²) in [5.41, 5.74) is 0. The topological polar surface area (TPSA) is 12.0 Å². The molecule has 0 amide bonds. The van der Waals surface area contributed by atoms with E-state index in [1.54, 1.807) is 0 Å². The maximum atomic E-state index is 3.71. The Hall–Kier alpha value is 0.310. The Bertz CT molecular complexity index is 122. The van der Waals surface area contributed by atoms with Crippen LogP contribution >= 0.6 is 11.8 Å². The first kappa shape index (κ1) is 12.4. The van der Waals surface area contributed by atoms with Gasteiger partial charge in [-0.3, -0.25) is 0 Å². The molecule has 1 aliphatic rings. The zero-order valence-corrected chi connectivity index (χ0v) is 10.5. The highest BCUT2D eigenvalue weighted by Gasteiger charge is 2.24. The van der Waals surface area contributed by atoms with E-state index in [1.165, 1.54) is 50.8 Å². The Morgan fingerprint density at radius 2 is 1.93 bits per heavy atom. The highest BCUT2D eigenvalue weighted by molar-refractivity contribution is 7.99. The first-order chi connectivity index (χ1) is 6.88. The molecule has 1 fully saturated rings. The second kappa shape index (κ2) is 7.58. The average Bonchev–Trinajstić information content (AvgIpc) is 2.24. The van der Waals surface area contributed by atoms with E-state index in [9.17, 15) is 0 Å². The van der Waals surface area contributed by atoms with Gasteiger partial charge in [0.2, 0.25) is 0 Å². The van der Waals surface area contributed by atoms with Crippen molar-refractivity contribution >= 4 is 11.8 Å². The lowest BCUT2D eigenvalue weighted by Crippen LogP contribution is -2.40. The van der Waals surface area contributed by atoms with E-state index in [1.807, 2.05) is 0 Å². The molecule has 0 heterocycles. The number of hydrogen-bond donors (Lipinski definition) is 1. The summed E-state index contributed by atoms with van der Waals surface area (Å²) in [4.78, 5) is 0. The molecule has 2 unspecified atom stereocenters. The average molecular weight is 215 g/mol. The molecule has 0 aromatic heterocycles. The smallest absolute Gasteiger partial charge is 0.0201 e. The predicted octanol–water partition coefficient (Wildman–Crippen LogP) is 3.44. The minimum atomic E-state index is 0.806. The van der Waals surface area contributed by atoms with Crippen molar-refractivity contribution in [1.29, 1.82) is 0 Å². The lowest BCUT2D eigenvalue weighted by molar-refractivity contribution is 0.384. The van der Waals surface area contributed by atoms with Crippen LogP contribution in [-0.4, -0.2) is 23.6 Å². The van der Waals surface area contributed by atoms with Crippen molar-refractivity contribution in [3.8, 4) is 0 Å². The maximum Gasteiger partial charge on any atom is 0.0201 e. The molecular weight excluding hydrogens is 190 g/mol. The van der Waals surface area contributed by atoms with Gasteiger partial charge in [0.25, 0.3) is 0 Å². The maximum absolute atomic E-state index is 3.71. The molecule has 2 atom stereocenters. The van der Waals surface area contributed by atoms with Gasteiger partial charge in [0.15, 0.2) is 0 Å². The third-order valence-electron chi connectivity index (χ3n) is 2.90. The molecule has 1 saturated carbocycles. The van der Waals surface area contributed by atoms with Crippen LogP contribution in [-0.2, 0) is 0 Å². The van der Waals surface area contributed by atoms with E-state index < -0.39 is 0 Å². The van der Waals surface area contributed by atoms with Gasteiger partial charge in [0, 0.05) is 11.3 Å². The lowest BCUT2D eigenvalue weighted by atomic mass is 9.95. The quantitative estimate of drug-likeness (QED) is 0.728. The van der Waals surface area contributed by atoms with Crippen LogP contribution in [0.5, 0.6) is 0 Å². The van der Waals surface area contributed by atoms with E-state index in [4.69, 9.17) is 0 Å². The molecule has 0 bridgehead atoms. The Morgan fingerprint density at radius 3 is 2.64 bits per heavy atom. The molecule has 0 radical (unpaired) electrons. The molecule has 84 valence electrons. The fourth-order valence-corrected chi connectivity index (χ4v) is 3.47. The van der Waals surface area contributed by atoms with Gasteiger partial charge in [-0.25, -0.2) is 0 Å². The van der Waals surface area contributed by atoms with Crippen molar-refractivity contribution in [3.05, 3.63) is 0 Å². The molecule has 14 heavy (non-hydrogen) atoms. The van der Waals surface area contributed by atoms with Crippen LogP contribution in [0.4, 0.5) is 0 Å². The van der Waals surface area contributed by atoms with Crippen LogP contribution in [0, 0.1) is 0 Å². The van der Waals surface area contributed by atoms with Crippen molar-refractivity contribution in [2.75, 3.05) is 12.3 Å². The summed E-state index contributed by atoms with van der Waals surface area (Å²) >= 11 is 2.19. The summed E-state index contributed by atoms with van der Waals surface area (Å²) in [7, 11) is 0. The van der Waals surface area contributed by atoms with Crippen molar-refractivity contribution in [2.24, 2.45) is 0 Å². The van der Waals surface area contributed by atoms with Crippen LogP contribution in [0.25, 0.3) is 0 Å². The predicted molar refractivity (Wildman–Crippen MR) is 67.1 cm³/mol. The van der Waals surface area contributed by atoms with E-state index in [0.29, 0.717) is 0 Å². The van der Waals surface area contributed by atoms with Crippen LogP contribution < -0.4 is 5.32 Å². The summed E-state index contributed by atoms with van der Waals surface area (Å²) in [6, 6.07) is 0.806. The van der Waals surface area contributed by atoms with Gasteiger partial charge in [-0.15, -0.1) is 0 Å². The minimum Gasteiger partial charge on any atom is -0.313 e. The number of rotatable bonds is 6. The molecule has 0 aromatic carbocycles. The fourth-order valence-electron chi connectivity index (χ4n) is 2.13. The summed E-state index contributed by atoms with van der Waals surface area (Å²) in [6.45, 7) is 5.74. The Balaban J connectivity index is 2.26. The third kappa shape index (κ3) is 4.22. The van der Waals surface area contributed by atoms with E-state index in [-0.39, 0.29) is 0 Å². The molecule has 1 aliphatic carbocycles. The molecule has 1 nitrogen and oxygen atoms in total. The van der Waals surface area contributed by atoms with E-state index >= 15 is 0 Å². The van der Waals surface area contributed by atoms with Gasteiger partial charge >= 0.3 is 0 Å². The number of nitrogens with one attached hydrogen (secondary N) is 1. The second-order valence-corrected chi connectivity index (χ2v) is 5.60. The van der Waals surface area contributed by atoms with Crippen molar-refractivity contribution in [3.63, 3.8) is 0 Å². The Morgan fingerprint density at radius 1 is 1.14 bits per heavy atom. The molecule has 1 rings (SSSR count). The van der Waals surface area contributed by atoms with Gasteiger partial charge < -0.3 is 5.32 Å².